The number of nitrogens with zero attached hydrogens (tertiary/aromatic N) is 1. The SMILES string of the molecule is COc1cc(Br)c(-c2nc(C(=O)O)c(C)s2)cc1OC. The molecule has 0 aliphatic carbocycles. The first-order chi connectivity index (χ1) is 9.47. The lowest BCUT2D eigenvalue weighted by Gasteiger charge is -2.10. The van der Waals surface area contributed by atoms with Gasteiger partial charge in [-0.25, -0.2) is 9.78 Å². The number of aromatic nitrogens is 1. The van der Waals surface area contributed by atoms with Gasteiger partial charge in [-0.15, -0.1) is 11.3 Å². The van der Waals surface area contributed by atoms with Gasteiger partial charge in [-0.1, -0.05) is 0 Å². The topological polar surface area (TPSA) is 68.7 Å². The van der Waals surface area contributed by atoms with Crippen LogP contribution in [-0.2, 0) is 0 Å². The van der Waals surface area contributed by atoms with Gasteiger partial charge < -0.3 is 14.6 Å². The van der Waals surface area contributed by atoms with Crippen molar-refractivity contribution in [2.45, 2.75) is 6.92 Å². The van der Waals surface area contributed by atoms with E-state index in [9.17, 15) is 4.79 Å². The highest BCUT2D eigenvalue weighted by Crippen LogP contribution is 2.40. The number of benzene rings is 1. The minimum atomic E-state index is -1.03. The Morgan fingerprint density at radius 1 is 1.30 bits per heavy atom. The van der Waals surface area contributed by atoms with Gasteiger partial charge >= 0.3 is 5.97 Å². The Labute approximate surface area is 128 Å². The molecule has 0 amide bonds. The van der Waals surface area contributed by atoms with Crippen molar-refractivity contribution in [3.8, 4) is 22.1 Å². The lowest BCUT2D eigenvalue weighted by atomic mass is 10.2. The summed E-state index contributed by atoms with van der Waals surface area (Å²) in [6.45, 7) is 1.74. The first-order valence-electron chi connectivity index (χ1n) is 5.60. The molecule has 1 N–H and O–H groups in total. The number of rotatable bonds is 4. The number of ether oxygens (including phenoxy) is 2. The molecule has 0 saturated heterocycles. The molecule has 1 aromatic heterocycles. The molecule has 20 heavy (non-hydrogen) atoms. The molecule has 0 saturated carbocycles. The van der Waals surface area contributed by atoms with Crippen LogP contribution in [-0.4, -0.2) is 30.3 Å². The summed E-state index contributed by atoms with van der Waals surface area (Å²) in [5.74, 6) is 0.131. The van der Waals surface area contributed by atoms with E-state index in [2.05, 4.69) is 20.9 Å². The fraction of sp³-hybridized carbons (Fsp3) is 0.231. The molecule has 2 rings (SSSR count). The zero-order chi connectivity index (χ0) is 14.9. The number of carbonyl (C=O) groups is 1. The molecule has 0 radical (unpaired) electrons. The summed E-state index contributed by atoms with van der Waals surface area (Å²) in [7, 11) is 3.10. The average Bonchev–Trinajstić information content (AvgIpc) is 2.80. The number of thiazole rings is 1. The Kier molecular flexibility index (Phi) is 4.29. The zero-order valence-electron chi connectivity index (χ0n) is 11.1. The normalized spacial score (nSPS) is 10.4. The first kappa shape index (κ1) is 14.8. The number of methoxy groups -OCH3 is 2. The van der Waals surface area contributed by atoms with E-state index < -0.39 is 5.97 Å². The van der Waals surface area contributed by atoms with Gasteiger partial charge in [-0.05, 0) is 35.0 Å². The van der Waals surface area contributed by atoms with Gasteiger partial charge in [0, 0.05) is 14.9 Å². The number of aromatic carboxylic acids is 1. The first-order valence-corrected chi connectivity index (χ1v) is 7.21. The molecule has 0 atom stereocenters. The number of halogens is 1. The van der Waals surface area contributed by atoms with E-state index in [0.717, 1.165) is 10.0 Å². The number of hydrogen-bond donors (Lipinski definition) is 1. The van der Waals surface area contributed by atoms with Crippen LogP contribution >= 0.6 is 27.3 Å². The van der Waals surface area contributed by atoms with Crippen molar-refractivity contribution in [1.29, 1.82) is 0 Å². The Bertz CT molecular complexity index is 669. The van der Waals surface area contributed by atoms with E-state index in [1.807, 2.05) is 0 Å². The maximum atomic E-state index is 11.1. The van der Waals surface area contributed by atoms with Crippen molar-refractivity contribution < 1.29 is 19.4 Å². The van der Waals surface area contributed by atoms with Crippen LogP contribution in [0.15, 0.2) is 16.6 Å². The van der Waals surface area contributed by atoms with Crippen LogP contribution in [0.5, 0.6) is 11.5 Å². The molecule has 7 heteroatoms. The Balaban J connectivity index is 2.58. The van der Waals surface area contributed by atoms with Crippen molar-refractivity contribution in [2.75, 3.05) is 14.2 Å². The van der Waals surface area contributed by atoms with E-state index in [4.69, 9.17) is 14.6 Å². The number of hydrogen-bond acceptors (Lipinski definition) is 5. The van der Waals surface area contributed by atoms with Crippen molar-refractivity contribution in [3.63, 3.8) is 0 Å². The summed E-state index contributed by atoms with van der Waals surface area (Å²) >= 11 is 4.77. The zero-order valence-corrected chi connectivity index (χ0v) is 13.5. The van der Waals surface area contributed by atoms with Crippen LogP contribution in [0.1, 0.15) is 15.4 Å². The van der Waals surface area contributed by atoms with Crippen molar-refractivity contribution in [3.05, 3.63) is 27.2 Å². The molecule has 0 bridgehead atoms. The van der Waals surface area contributed by atoms with Crippen LogP contribution in [0.3, 0.4) is 0 Å². The van der Waals surface area contributed by atoms with Crippen molar-refractivity contribution in [2.24, 2.45) is 0 Å². The van der Waals surface area contributed by atoms with Crippen molar-refractivity contribution >= 4 is 33.2 Å². The van der Waals surface area contributed by atoms with Gasteiger partial charge in [0.15, 0.2) is 17.2 Å². The predicted molar refractivity (Wildman–Crippen MR) is 80.1 cm³/mol. The summed E-state index contributed by atoms with van der Waals surface area (Å²) in [6.07, 6.45) is 0. The second-order valence-electron chi connectivity index (χ2n) is 3.92. The van der Waals surface area contributed by atoms with Gasteiger partial charge in [0.2, 0.25) is 0 Å². The van der Waals surface area contributed by atoms with Gasteiger partial charge in [-0.3, -0.25) is 0 Å². The number of carboxylic acid groups (broad SMARTS) is 1. The molecule has 106 valence electrons. The van der Waals surface area contributed by atoms with E-state index in [1.165, 1.54) is 11.3 Å². The quantitative estimate of drug-likeness (QED) is 0.905. The van der Waals surface area contributed by atoms with Gasteiger partial charge in [0.1, 0.15) is 5.01 Å². The molecule has 5 nitrogen and oxygen atoms in total. The number of aryl methyl sites for hydroxylation is 1. The maximum Gasteiger partial charge on any atom is 0.355 e. The summed E-state index contributed by atoms with van der Waals surface area (Å²) < 4.78 is 11.2. The standard InChI is InChI=1S/C13H12BrNO4S/c1-6-11(13(16)17)15-12(20-6)7-4-9(18-2)10(19-3)5-8(7)14/h4-5H,1-3H3,(H,16,17). The fourth-order valence-corrected chi connectivity index (χ4v) is 3.30. The van der Waals surface area contributed by atoms with Gasteiger partial charge in [0.05, 0.1) is 14.2 Å². The lowest BCUT2D eigenvalue weighted by molar-refractivity contribution is 0.0690. The monoisotopic (exact) mass is 357 g/mol. The summed E-state index contributed by atoms with van der Waals surface area (Å²) in [6, 6.07) is 3.54. The molecule has 2 aromatic rings. The van der Waals surface area contributed by atoms with Crippen LogP contribution < -0.4 is 9.47 Å². The Morgan fingerprint density at radius 2 is 1.90 bits per heavy atom. The summed E-state index contributed by atoms with van der Waals surface area (Å²) in [4.78, 5) is 15.9. The third-order valence-electron chi connectivity index (χ3n) is 2.70. The van der Waals surface area contributed by atoms with Gasteiger partial charge in [0.25, 0.3) is 0 Å². The second kappa shape index (κ2) is 5.80. The van der Waals surface area contributed by atoms with Crippen LogP contribution in [0.2, 0.25) is 0 Å². The molecule has 0 aliphatic rings. The lowest BCUT2D eigenvalue weighted by Crippen LogP contribution is -1.98. The van der Waals surface area contributed by atoms with Crippen molar-refractivity contribution in [1.82, 2.24) is 4.98 Å². The smallest absolute Gasteiger partial charge is 0.355 e. The minimum absolute atomic E-state index is 0.0756. The third-order valence-corrected chi connectivity index (χ3v) is 4.36. The maximum absolute atomic E-state index is 11.1. The van der Waals surface area contributed by atoms with E-state index >= 15 is 0 Å². The highest BCUT2D eigenvalue weighted by molar-refractivity contribution is 9.10. The van der Waals surface area contributed by atoms with Gasteiger partial charge in [-0.2, -0.15) is 0 Å². The van der Waals surface area contributed by atoms with Crippen LogP contribution in [0.4, 0.5) is 0 Å². The molecular formula is C13H12BrNO4S. The fourth-order valence-electron chi connectivity index (χ4n) is 1.73. The van der Waals surface area contributed by atoms with Crippen LogP contribution in [0.25, 0.3) is 10.6 Å². The molecule has 0 unspecified atom stereocenters. The molecule has 1 aromatic carbocycles. The highest BCUT2D eigenvalue weighted by atomic mass is 79.9. The molecule has 0 fully saturated rings. The van der Waals surface area contributed by atoms with Crippen LogP contribution in [0, 0.1) is 6.92 Å². The van der Waals surface area contributed by atoms with E-state index in [1.54, 1.807) is 33.3 Å². The summed E-state index contributed by atoms with van der Waals surface area (Å²) in [5.41, 5.74) is 0.843. The van der Waals surface area contributed by atoms with E-state index in [-0.39, 0.29) is 5.69 Å². The average molecular weight is 358 g/mol. The third kappa shape index (κ3) is 2.64. The largest absolute Gasteiger partial charge is 0.493 e. The minimum Gasteiger partial charge on any atom is -0.493 e. The predicted octanol–water partition coefficient (Wildman–Crippen LogP) is 3.60. The molecule has 1 heterocycles. The Hall–Kier alpha value is -1.60. The summed E-state index contributed by atoms with van der Waals surface area (Å²) in [5, 5.41) is 9.68. The van der Waals surface area contributed by atoms with E-state index in [0.29, 0.717) is 21.4 Å². The second-order valence-corrected chi connectivity index (χ2v) is 5.97. The number of carboxylic acids is 1. The molecule has 0 spiro atoms. The Morgan fingerprint density at radius 3 is 2.40 bits per heavy atom. The highest BCUT2D eigenvalue weighted by Gasteiger charge is 2.18. The molecular weight excluding hydrogens is 346 g/mol. The molecule has 0 aliphatic heterocycles.